The van der Waals surface area contributed by atoms with Crippen molar-refractivity contribution in [1.29, 1.82) is 0 Å². The molecule has 19 heavy (non-hydrogen) atoms. The van der Waals surface area contributed by atoms with Gasteiger partial charge in [-0.15, -0.1) is 0 Å². The van der Waals surface area contributed by atoms with Crippen LogP contribution in [-0.4, -0.2) is 19.7 Å². The van der Waals surface area contributed by atoms with Crippen LogP contribution in [0.3, 0.4) is 0 Å². The van der Waals surface area contributed by atoms with Gasteiger partial charge in [-0.25, -0.2) is 0 Å². The van der Waals surface area contributed by atoms with Gasteiger partial charge in [0.15, 0.2) is 0 Å². The van der Waals surface area contributed by atoms with Crippen LogP contribution in [0.15, 0.2) is 18.2 Å². The first kappa shape index (κ1) is 14.7. The van der Waals surface area contributed by atoms with Crippen molar-refractivity contribution < 1.29 is 4.74 Å². The van der Waals surface area contributed by atoms with Gasteiger partial charge in [0.25, 0.3) is 0 Å². The smallest absolute Gasteiger partial charge is 0.119 e. The fraction of sp³-hybridized carbons (Fsp3) is 0.625. The van der Waals surface area contributed by atoms with Gasteiger partial charge in [0.05, 0.1) is 0 Å². The quantitative estimate of drug-likeness (QED) is 0.761. The lowest BCUT2D eigenvalue weighted by Crippen LogP contribution is -2.26. The lowest BCUT2D eigenvalue weighted by atomic mass is 10.1. The Morgan fingerprint density at radius 2 is 2.11 bits per heavy atom. The summed E-state index contributed by atoms with van der Waals surface area (Å²) < 4.78 is 5.75. The molecule has 1 N–H and O–H groups in total. The van der Waals surface area contributed by atoms with Crippen LogP contribution < -0.4 is 10.1 Å². The monoisotopic (exact) mass is 281 g/mol. The summed E-state index contributed by atoms with van der Waals surface area (Å²) >= 11 is 6.08. The van der Waals surface area contributed by atoms with Gasteiger partial charge in [0, 0.05) is 11.6 Å². The summed E-state index contributed by atoms with van der Waals surface area (Å²) in [6.45, 7) is 4.89. The average molecular weight is 282 g/mol. The lowest BCUT2D eigenvalue weighted by molar-refractivity contribution is 0.308. The first-order chi connectivity index (χ1) is 9.29. The topological polar surface area (TPSA) is 21.3 Å². The minimum absolute atomic E-state index is 0.720. The number of hydrogen-bond donors (Lipinski definition) is 1. The van der Waals surface area contributed by atoms with Crippen molar-refractivity contribution in [2.45, 2.75) is 39.0 Å². The molecule has 0 atom stereocenters. The van der Waals surface area contributed by atoms with Crippen LogP contribution in [-0.2, 0) is 6.42 Å². The molecule has 0 saturated heterocycles. The summed E-state index contributed by atoms with van der Waals surface area (Å²) in [5.41, 5.74) is 1.15. The third-order valence-electron chi connectivity index (χ3n) is 3.85. The van der Waals surface area contributed by atoms with Crippen LogP contribution in [0.2, 0.25) is 5.02 Å². The van der Waals surface area contributed by atoms with Gasteiger partial charge in [-0.3, -0.25) is 0 Å². The highest BCUT2D eigenvalue weighted by Crippen LogP contribution is 2.24. The minimum atomic E-state index is 0.720. The van der Waals surface area contributed by atoms with Gasteiger partial charge < -0.3 is 10.1 Å². The molecule has 1 aromatic carbocycles. The van der Waals surface area contributed by atoms with Crippen molar-refractivity contribution in [3.8, 4) is 5.75 Å². The standard InChI is InChI=1S/C16H24ClNO/c1-2-14-11-15(7-8-16(14)17)19-10-9-18-12-13-5-3-4-6-13/h7-8,11,13,18H,2-6,9-10,12H2,1H3. The molecule has 3 heteroatoms. The molecule has 0 aromatic heterocycles. The van der Waals surface area contributed by atoms with E-state index in [2.05, 4.69) is 12.2 Å². The SMILES string of the molecule is CCc1cc(OCCNCC2CCCC2)ccc1Cl. The Bertz CT molecular complexity index is 388. The highest BCUT2D eigenvalue weighted by Gasteiger charge is 2.13. The van der Waals surface area contributed by atoms with Crippen molar-refractivity contribution in [1.82, 2.24) is 5.32 Å². The predicted octanol–water partition coefficient (Wildman–Crippen LogP) is 4.06. The van der Waals surface area contributed by atoms with E-state index in [0.29, 0.717) is 0 Å². The number of halogens is 1. The highest BCUT2D eigenvalue weighted by atomic mass is 35.5. The van der Waals surface area contributed by atoms with E-state index in [0.717, 1.165) is 48.4 Å². The van der Waals surface area contributed by atoms with Gasteiger partial charge in [-0.05, 0) is 55.5 Å². The van der Waals surface area contributed by atoms with Crippen LogP contribution in [0.1, 0.15) is 38.2 Å². The maximum absolute atomic E-state index is 6.08. The Morgan fingerprint density at radius 3 is 2.84 bits per heavy atom. The second-order valence-electron chi connectivity index (χ2n) is 5.31. The highest BCUT2D eigenvalue weighted by molar-refractivity contribution is 6.31. The second-order valence-corrected chi connectivity index (χ2v) is 5.72. The predicted molar refractivity (Wildman–Crippen MR) is 81.2 cm³/mol. The molecular weight excluding hydrogens is 258 g/mol. The van der Waals surface area contributed by atoms with Crippen molar-refractivity contribution in [2.24, 2.45) is 5.92 Å². The molecular formula is C16H24ClNO. The summed E-state index contributed by atoms with van der Waals surface area (Å²) in [5, 5.41) is 4.31. The number of aryl methyl sites for hydroxylation is 1. The number of hydrogen-bond acceptors (Lipinski definition) is 2. The molecule has 1 fully saturated rings. The van der Waals surface area contributed by atoms with Gasteiger partial charge in [0.1, 0.15) is 12.4 Å². The summed E-state index contributed by atoms with van der Waals surface area (Å²) in [6.07, 6.45) is 6.55. The zero-order chi connectivity index (χ0) is 13.5. The molecule has 1 aliphatic carbocycles. The zero-order valence-corrected chi connectivity index (χ0v) is 12.5. The Labute approximate surface area is 121 Å². The Kier molecular flexibility index (Phi) is 5.99. The fourth-order valence-corrected chi connectivity index (χ4v) is 2.92. The molecule has 1 saturated carbocycles. The Hall–Kier alpha value is -0.730. The number of benzene rings is 1. The molecule has 1 aliphatic rings. The van der Waals surface area contributed by atoms with E-state index in [1.165, 1.54) is 25.7 Å². The minimum Gasteiger partial charge on any atom is -0.492 e. The molecule has 106 valence electrons. The molecule has 0 amide bonds. The number of rotatable bonds is 7. The number of nitrogens with one attached hydrogen (secondary N) is 1. The van der Waals surface area contributed by atoms with Gasteiger partial charge in [0.2, 0.25) is 0 Å². The van der Waals surface area contributed by atoms with E-state index < -0.39 is 0 Å². The first-order valence-corrected chi connectivity index (χ1v) is 7.79. The van der Waals surface area contributed by atoms with E-state index in [9.17, 15) is 0 Å². The molecule has 2 nitrogen and oxygen atoms in total. The van der Waals surface area contributed by atoms with Crippen LogP contribution in [0, 0.1) is 5.92 Å². The summed E-state index contributed by atoms with van der Waals surface area (Å²) in [4.78, 5) is 0. The van der Waals surface area contributed by atoms with Crippen molar-refractivity contribution in [3.05, 3.63) is 28.8 Å². The first-order valence-electron chi connectivity index (χ1n) is 7.41. The van der Waals surface area contributed by atoms with E-state index in [4.69, 9.17) is 16.3 Å². The molecule has 0 heterocycles. The Morgan fingerprint density at radius 1 is 1.32 bits per heavy atom. The van der Waals surface area contributed by atoms with E-state index in [1.807, 2.05) is 18.2 Å². The summed E-state index contributed by atoms with van der Waals surface area (Å²) in [7, 11) is 0. The second kappa shape index (κ2) is 7.76. The van der Waals surface area contributed by atoms with Gasteiger partial charge in [-0.1, -0.05) is 31.4 Å². The molecule has 0 unspecified atom stereocenters. The molecule has 2 rings (SSSR count). The van der Waals surface area contributed by atoms with E-state index in [1.54, 1.807) is 0 Å². The van der Waals surface area contributed by atoms with Crippen LogP contribution in [0.4, 0.5) is 0 Å². The normalized spacial score (nSPS) is 15.9. The summed E-state index contributed by atoms with van der Waals surface area (Å²) in [6, 6.07) is 5.90. The van der Waals surface area contributed by atoms with Crippen molar-refractivity contribution in [3.63, 3.8) is 0 Å². The van der Waals surface area contributed by atoms with Gasteiger partial charge >= 0.3 is 0 Å². The average Bonchev–Trinajstić information content (AvgIpc) is 2.93. The van der Waals surface area contributed by atoms with E-state index >= 15 is 0 Å². The fourth-order valence-electron chi connectivity index (χ4n) is 2.67. The molecule has 0 bridgehead atoms. The third kappa shape index (κ3) is 4.70. The lowest BCUT2D eigenvalue weighted by Gasteiger charge is -2.12. The molecule has 1 aromatic rings. The van der Waals surface area contributed by atoms with Gasteiger partial charge in [-0.2, -0.15) is 0 Å². The zero-order valence-electron chi connectivity index (χ0n) is 11.8. The largest absolute Gasteiger partial charge is 0.492 e. The summed E-state index contributed by atoms with van der Waals surface area (Å²) in [5.74, 6) is 1.81. The number of ether oxygens (including phenoxy) is 1. The molecule has 0 aliphatic heterocycles. The maximum Gasteiger partial charge on any atom is 0.119 e. The third-order valence-corrected chi connectivity index (χ3v) is 4.22. The Balaban J connectivity index is 1.64. The van der Waals surface area contributed by atoms with Crippen molar-refractivity contribution in [2.75, 3.05) is 19.7 Å². The van der Waals surface area contributed by atoms with Crippen LogP contribution >= 0.6 is 11.6 Å². The molecule has 0 radical (unpaired) electrons. The maximum atomic E-state index is 6.08. The van der Waals surface area contributed by atoms with Crippen LogP contribution in [0.5, 0.6) is 5.75 Å². The van der Waals surface area contributed by atoms with Crippen molar-refractivity contribution >= 4 is 11.6 Å². The van der Waals surface area contributed by atoms with Crippen LogP contribution in [0.25, 0.3) is 0 Å². The molecule has 0 spiro atoms. The van der Waals surface area contributed by atoms with E-state index in [-0.39, 0.29) is 0 Å².